The lowest BCUT2D eigenvalue weighted by molar-refractivity contribution is -0.385. The van der Waals surface area contributed by atoms with Crippen LogP contribution in [-0.2, 0) is 0 Å². The second-order valence-electron chi connectivity index (χ2n) is 3.84. The summed E-state index contributed by atoms with van der Waals surface area (Å²) >= 11 is 0. The second kappa shape index (κ2) is 7.29. The number of nitrogens with zero attached hydrogens (tertiary/aromatic N) is 4. The van der Waals surface area contributed by atoms with Gasteiger partial charge in [-0.3, -0.25) is 10.1 Å². The fourth-order valence-corrected chi connectivity index (χ4v) is 1.59. The van der Waals surface area contributed by atoms with Gasteiger partial charge in [0.25, 0.3) is 5.69 Å². The Morgan fingerprint density at radius 1 is 1.55 bits per heavy atom. The summed E-state index contributed by atoms with van der Waals surface area (Å²) in [6.45, 7) is 1.66. The molecule has 108 valence electrons. The monoisotopic (exact) mass is 282 g/mol. The maximum atomic E-state index is 10.7. The first kappa shape index (κ1) is 15.7. The van der Waals surface area contributed by atoms with E-state index < -0.39 is 17.1 Å². The molecule has 0 heterocycles. The molecule has 0 bridgehead atoms. The molecule has 2 N–H and O–H groups in total. The van der Waals surface area contributed by atoms with Gasteiger partial charge in [0.1, 0.15) is 11.9 Å². The number of hydrogen-bond acceptors (Lipinski definition) is 6. The fourth-order valence-electron chi connectivity index (χ4n) is 1.59. The van der Waals surface area contributed by atoms with E-state index in [1.54, 1.807) is 6.92 Å². The topological polar surface area (TPSA) is 142 Å². The van der Waals surface area contributed by atoms with E-state index >= 15 is 0 Å². The molecule has 2 unspecified atom stereocenters. The molecule has 0 aromatic heterocycles. The second-order valence-corrected chi connectivity index (χ2v) is 3.84. The maximum absolute atomic E-state index is 10.7. The van der Waals surface area contributed by atoms with Gasteiger partial charge in [0, 0.05) is 22.6 Å². The van der Waals surface area contributed by atoms with Crippen molar-refractivity contribution in [2.24, 2.45) is 5.11 Å². The molecule has 0 saturated carbocycles. The van der Waals surface area contributed by atoms with Gasteiger partial charge in [-0.05, 0) is 18.5 Å². The summed E-state index contributed by atoms with van der Waals surface area (Å²) in [5, 5.41) is 33.6. The first-order chi connectivity index (χ1) is 9.51. The van der Waals surface area contributed by atoms with Crippen LogP contribution in [0.1, 0.15) is 18.6 Å². The van der Waals surface area contributed by atoms with E-state index in [4.69, 9.17) is 10.3 Å². The van der Waals surface area contributed by atoms with Gasteiger partial charge in [-0.15, -0.1) is 0 Å². The number of aliphatic hydroxyl groups is 2. The summed E-state index contributed by atoms with van der Waals surface area (Å²) in [7, 11) is 0. The smallest absolute Gasteiger partial charge is 0.270 e. The van der Waals surface area contributed by atoms with E-state index in [1.807, 2.05) is 0 Å². The van der Waals surface area contributed by atoms with Gasteiger partial charge in [-0.2, -0.15) is 0 Å². The highest BCUT2D eigenvalue weighted by atomic mass is 16.6. The van der Waals surface area contributed by atoms with Gasteiger partial charge in [0.2, 0.25) is 0 Å². The molecule has 9 nitrogen and oxygen atoms in total. The molecule has 0 aliphatic carbocycles. The lowest BCUT2D eigenvalue weighted by Crippen LogP contribution is -2.22. The van der Waals surface area contributed by atoms with E-state index in [2.05, 4.69) is 10.0 Å². The normalized spacial score (nSPS) is 13.2. The minimum Gasteiger partial charge on any atom is -0.493 e. The van der Waals surface area contributed by atoms with Crippen LogP contribution in [0.15, 0.2) is 23.3 Å². The van der Waals surface area contributed by atoms with Gasteiger partial charge in [0.15, 0.2) is 0 Å². The van der Waals surface area contributed by atoms with Gasteiger partial charge in [-0.25, -0.2) is 0 Å². The van der Waals surface area contributed by atoms with E-state index in [0.717, 1.165) is 6.07 Å². The van der Waals surface area contributed by atoms with Gasteiger partial charge in [-0.1, -0.05) is 5.11 Å². The zero-order chi connectivity index (χ0) is 15.1. The molecule has 1 aromatic rings. The average molecular weight is 282 g/mol. The number of non-ortho nitro benzene ring substituents is 1. The average Bonchev–Trinajstić information content (AvgIpc) is 2.44. The fraction of sp³-hybridized carbons (Fsp3) is 0.455. The summed E-state index contributed by atoms with van der Waals surface area (Å²) in [5.41, 5.74) is 8.01. The Balaban J connectivity index is 3.13. The molecular formula is C11H14N4O5. The van der Waals surface area contributed by atoms with Crippen molar-refractivity contribution in [2.75, 3.05) is 13.2 Å². The summed E-state index contributed by atoms with van der Waals surface area (Å²) < 4.78 is 5.25. The van der Waals surface area contributed by atoms with Crippen molar-refractivity contribution < 1.29 is 19.9 Å². The highest BCUT2D eigenvalue weighted by Gasteiger charge is 2.24. The van der Waals surface area contributed by atoms with Gasteiger partial charge >= 0.3 is 0 Å². The molecule has 1 aromatic carbocycles. The van der Waals surface area contributed by atoms with Crippen LogP contribution < -0.4 is 4.74 Å². The van der Waals surface area contributed by atoms with Crippen LogP contribution in [0.5, 0.6) is 5.75 Å². The first-order valence-electron chi connectivity index (χ1n) is 5.79. The minimum absolute atomic E-state index is 0.0710. The maximum Gasteiger partial charge on any atom is 0.270 e. The number of nitro groups is 1. The van der Waals surface area contributed by atoms with Crippen molar-refractivity contribution in [1.82, 2.24) is 0 Å². The number of nitro benzene ring substituents is 1. The molecule has 1 rings (SSSR count). The van der Waals surface area contributed by atoms with Crippen LogP contribution in [0.25, 0.3) is 10.4 Å². The van der Waals surface area contributed by atoms with Crippen LogP contribution >= 0.6 is 0 Å². The zero-order valence-electron chi connectivity index (χ0n) is 10.7. The highest BCUT2D eigenvalue weighted by Crippen LogP contribution is 2.31. The Bertz CT molecular complexity index is 530. The third kappa shape index (κ3) is 3.82. The third-order valence-electron chi connectivity index (χ3n) is 2.52. The van der Waals surface area contributed by atoms with Crippen molar-refractivity contribution >= 4 is 5.69 Å². The standard InChI is InChI=1S/C11H14N4O5/c1-2-20-10-4-3-7(15(18)19)5-8(10)11(17)9(16)6-13-14-12/h3-5,9,11,16-17H,2,6H2,1H3. The summed E-state index contributed by atoms with van der Waals surface area (Å²) in [6, 6.07) is 3.70. The Kier molecular flexibility index (Phi) is 5.73. The van der Waals surface area contributed by atoms with E-state index in [0.29, 0.717) is 6.61 Å². The number of aliphatic hydroxyl groups excluding tert-OH is 2. The number of azide groups is 1. The quantitative estimate of drug-likeness (QED) is 0.257. The lowest BCUT2D eigenvalue weighted by Gasteiger charge is -2.19. The Labute approximate surface area is 114 Å². The molecule has 2 atom stereocenters. The summed E-state index contributed by atoms with van der Waals surface area (Å²) in [5.74, 6) is 0.227. The Hall–Kier alpha value is -2.35. The predicted octanol–water partition coefficient (Wildman–Crippen LogP) is 1.70. The molecular weight excluding hydrogens is 268 g/mol. The predicted molar refractivity (Wildman–Crippen MR) is 69.2 cm³/mol. The third-order valence-corrected chi connectivity index (χ3v) is 2.52. The SMILES string of the molecule is CCOc1ccc([N+](=O)[O-])cc1C(O)C(O)CN=[N+]=[N-]. The summed E-state index contributed by atoms with van der Waals surface area (Å²) in [4.78, 5) is 12.6. The van der Waals surface area contributed by atoms with E-state index in [-0.39, 0.29) is 23.5 Å². The number of benzene rings is 1. The molecule has 0 spiro atoms. The molecule has 0 aliphatic heterocycles. The van der Waals surface area contributed by atoms with Crippen molar-refractivity contribution in [3.63, 3.8) is 0 Å². The minimum atomic E-state index is -1.46. The van der Waals surface area contributed by atoms with Crippen molar-refractivity contribution in [2.45, 2.75) is 19.1 Å². The Morgan fingerprint density at radius 2 is 2.25 bits per heavy atom. The number of ether oxygens (including phenoxy) is 1. The first-order valence-corrected chi connectivity index (χ1v) is 5.79. The molecule has 0 amide bonds. The molecule has 0 aliphatic rings. The van der Waals surface area contributed by atoms with Gasteiger partial charge in [0.05, 0.1) is 24.2 Å². The van der Waals surface area contributed by atoms with Crippen LogP contribution in [0.3, 0.4) is 0 Å². The largest absolute Gasteiger partial charge is 0.493 e. The molecule has 0 fully saturated rings. The van der Waals surface area contributed by atoms with Crippen LogP contribution in [0.4, 0.5) is 5.69 Å². The van der Waals surface area contributed by atoms with Crippen LogP contribution in [0.2, 0.25) is 0 Å². The zero-order valence-corrected chi connectivity index (χ0v) is 10.7. The van der Waals surface area contributed by atoms with Crippen molar-refractivity contribution in [1.29, 1.82) is 0 Å². The van der Waals surface area contributed by atoms with Gasteiger partial charge < -0.3 is 14.9 Å². The summed E-state index contributed by atoms with van der Waals surface area (Å²) in [6.07, 6.45) is -2.84. The molecule has 9 heteroatoms. The highest BCUT2D eigenvalue weighted by molar-refractivity contribution is 5.45. The lowest BCUT2D eigenvalue weighted by atomic mass is 10.0. The number of hydrogen-bond donors (Lipinski definition) is 2. The Morgan fingerprint density at radius 3 is 2.80 bits per heavy atom. The van der Waals surface area contributed by atoms with Crippen LogP contribution in [0, 0.1) is 10.1 Å². The van der Waals surface area contributed by atoms with E-state index in [9.17, 15) is 20.3 Å². The van der Waals surface area contributed by atoms with Crippen LogP contribution in [-0.4, -0.2) is 34.4 Å². The van der Waals surface area contributed by atoms with Crippen molar-refractivity contribution in [3.05, 3.63) is 44.3 Å². The van der Waals surface area contributed by atoms with E-state index in [1.165, 1.54) is 12.1 Å². The molecule has 0 radical (unpaired) electrons. The van der Waals surface area contributed by atoms with Crippen molar-refractivity contribution in [3.8, 4) is 5.75 Å². The molecule has 20 heavy (non-hydrogen) atoms. The molecule has 0 saturated heterocycles. The number of rotatable bonds is 7.